The molecule has 0 spiro atoms. The van der Waals surface area contributed by atoms with E-state index in [2.05, 4.69) is 23.9 Å². The molecule has 110 valence electrons. The van der Waals surface area contributed by atoms with Crippen molar-refractivity contribution in [2.45, 2.75) is 12.8 Å². The number of amidine groups is 1. The molecule has 20 heavy (non-hydrogen) atoms. The average molecular weight is 295 g/mol. The van der Waals surface area contributed by atoms with Crippen LogP contribution in [0.2, 0.25) is 5.02 Å². The highest BCUT2D eigenvalue weighted by atomic mass is 35.5. The molecule has 1 saturated heterocycles. The molecule has 0 amide bonds. The van der Waals surface area contributed by atoms with E-state index in [1.54, 1.807) is 6.07 Å². The Hall–Kier alpha value is -1.26. The Balaban J connectivity index is 2.10. The molecule has 5 heteroatoms. The molecule has 2 rings (SSSR count). The van der Waals surface area contributed by atoms with Crippen LogP contribution in [0.15, 0.2) is 18.2 Å². The number of rotatable bonds is 4. The molecule has 0 unspecified atom stereocenters. The van der Waals surface area contributed by atoms with Gasteiger partial charge in [0.2, 0.25) is 0 Å². The second-order valence-corrected chi connectivity index (χ2v) is 6.14. The van der Waals surface area contributed by atoms with Gasteiger partial charge in [-0.2, -0.15) is 0 Å². The van der Waals surface area contributed by atoms with Gasteiger partial charge in [-0.3, -0.25) is 5.41 Å². The summed E-state index contributed by atoms with van der Waals surface area (Å²) in [5, 5.41) is 8.37. The molecule has 0 aromatic heterocycles. The summed E-state index contributed by atoms with van der Waals surface area (Å²) in [6, 6.07) is 5.50. The molecule has 0 saturated carbocycles. The third-order valence-electron chi connectivity index (χ3n) is 4.03. The normalized spacial score (nSPS) is 17.1. The van der Waals surface area contributed by atoms with Crippen molar-refractivity contribution in [1.29, 1.82) is 5.41 Å². The molecule has 3 N–H and O–H groups in total. The number of anilines is 1. The first-order valence-electron chi connectivity index (χ1n) is 7.01. The number of hydrogen-bond acceptors (Lipinski definition) is 3. The monoisotopic (exact) mass is 294 g/mol. The lowest BCUT2D eigenvalue weighted by Gasteiger charge is -2.33. The van der Waals surface area contributed by atoms with Gasteiger partial charge in [0, 0.05) is 29.9 Å². The van der Waals surface area contributed by atoms with Crippen LogP contribution in [0.1, 0.15) is 18.4 Å². The van der Waals surface area contributed by atoms with Crippen LogP contribution >= 0.6 is 11.6 Å². The van der Waals surface area contributed by atoms with Crippen molar-refractivity contribution in [3.05, 3.63) is 28.8 Å². The minimum atomic E-state index is 0.0897. The Morgan fingerprint density at radius 2 is 2.10 bits per heavy atom. The van der Waals surface area contributed by atoms with Gasteiger partial charge in [-0.05, 0) is 57.1 Å². The van der Waals surface area contributed by atoms with Crippen LogP contribution in [0.25, 0.3) is 0 Å². The number of hydrogen-bond donors (Lipinski definition) is 2. The highest BCUT2D eigenvalue weighted by Crippen LogP contribution is 2.26. The van der Waals surface area contributed by atoms with Crippen LogP contribution in [0.3, 0.4) is 0 Å². The van der Waals surface area contributed by atoms with Crippen LogP contribution in [0.4, 0.5) is 5.69 Å². The zero-order valence-corrected chi connectivity index (χ0v) is 13.0. The van der Waals surface area contributed by atoms with Crippen LogP contribution < -0.4 is 10.6 Å². The fourth-order valence-electron chi connectivity index (χ4n) is 2.78. The predicted octanol–water partition coefficient (Wildman–Crippen LogP) is 2.40. The van der Waals surface area contributed by atoms with Crippen LogP contribution in [0, 0.1) is 11.3 Å². The van der Waals surface area contributed by atoms with Crippen molar-refractivity contribution in [2.75, 3.05) is 38.6 Å². The molecule has 1 aromatic rings. The van der Waals surface area contributed by atoms with E-state index in [0.29, 0.717) is 10.9 Å². The van der Waals surface area contributed by atoms with Gasteiger partial charge < -0.3 is 15.5 Å². The minimum Gasteiger partial charge on any atom is -0.384 e. The Morgan fingerprint density at radius 3 is 2.70 bits per heavy atom. The summed E-state index contributed by atoms with van der Waals surface area (Å²) in [6.07, 6.45) is 2.44. The van der Waals surface area contributed by atoms with Gasteiger partial charge in [-0.1, -0.05) is 11.6 Å². The number of piperidine rings is 1. The van der Waals surface area contributed by atoms with E-state index in [1.807, 2.05) is 12.1 Å². The first-order valence-corrected chi connectivity index (χ1v) is 7.39. The van der Waals surface area contributed by atoms with Gasteiger partial charge in [-0.15, -0.1) is 0 Å². The lowest BCUT2D eigenvalue weighted by atomic mass is 9.96. The van der Waals surface area contributed by atoms with Crippen LogP contribution in [0.5, 0.6) is 0 Å². The first-order chi connectivity index (χ1) is 9.47. The lowest BCUT2D eigenvalue weighted by Crippen LogP contribution is -2.36. The fourth-order valence-corrected chi connectivity index (χ4v) is 2.94. The standard InChI is InChI=1S/C15H23ClN4/c1-19-7-5-11(6-8-19)10-20(2)14-9-12(16)3-4-13(14)15(17)18/h3-4,9,11H,5-8,10H2,1-2H3,(H3,17,18). The van der Waals surface area contributed by atoms with E-state index in [-0.39, 0.29) is 5.84 Å². The second-order valence-electron chi connectivity index (χ2n) is 5.70. The van der Waals surface area contributed by atoms with Gasteiger partial charge >= 0.3 is 0 Å². The van der Waals surface area contributed by atoms with Crippen LogP contribution in [-0.4, -0.2) is 44.5 Å². The molecule has 1 aliphatic rings. The van der Waals surface area contributed by atoms with Crippen molar-refractivity contribution in [2.24, 2.45) is 11.7 Å². The van der Waals surface area contributed by atoms with Crippen molar-refractivity contribution < 1.29 is 0 Å². The number of halogens is 1. The molecule has 1 heterocycles. The molecule has 4 nitrogen and oxygen atoms in total. The number of nitrogen functional groups attached to an aromatic ring is 1. The zero-order valence-electron chi connectivity index (χ0n) is 12.2. The lowest BCUT2D eigenvalue weighted by molar-refractivity contribution is 0.222. The van der Waals surface area contributed by atoms with Crippen molar-refractivity contribution in [3.63, 3.8) is 0 Å². The summed E-state index contributed by atoms with van der Waals surface area (Å²) < 4.78 is 0. The highest BCUT2D eigenvalue weighted by molar-refractivity contribution is 6.31. The first kappa shape index (κ1) is 15.1. The minimum absolute atomic E-state index is 0.0897. The maximum Gasteiger partial charge on any atom is 0.124 e. The quantitative estimate of drug-likeness (QED) is 0.662. The van der Waals surface area contributed by atoms with E-state index >= 15 is 0 Å². The smallest absolute Gasteiger partial charge is 0.124 e. The maximum absolute atomic E-state index is 7.69. The van der Waals surface area contributed by atoms with Crippen molar-refractivity contribution in [1.82, 2.24) is 4.90 Å². The molecule has 0 bridgehead atoms. The Kier molecular flexibility index (Phi) is 4.89. The van der Waals surface area contributed by atoms with Gasteiger partial charge in [0.15, 0.2) is 0 Å². The van der Waals surface area contributed by atoms with E-state index in [9.17, 15) is 0 Å². The molecule has 1 aliphatic heterocycles. The van der Waals surface area contributed by atoms with Crippen molar-refractivity contribution >= 4 is 23.1 Å². The van der Waals surface area contributed by atoms with Crippen LogP contribution in [-0.2, 0) is 0 Å². The van der Waals surface area contributed by atoms with Crippen molar-refractivity contribution in [3.8, 4) is 0 Å². The largest absolute Gasteiger partial charge is 0.384 e. The number of nitrogens with two attached hydrogens (primary N) is 1. The van der Waals surface area contributed by atoms with Gasteiger partial charge in [0.05, 0.1) is 0 Å². The molecular formula is C15H23ClN4. The summed E-state index contributed by atoms with van der Waals surface area (Å²) in [6.45, 7) is 3.30. The zero-order chi connectivity index (χ0) is 14.7. The Labute approximate surface area is 126 Å². The number of nitrogens with zero attached hydrogens (tertiary/aromatic N) is 2. The van der Waals surface area contributed by atoms with Gasteiger partial charge in [0.1, 0.15) is 5.84 Å². The number of likely N-dealkylation sites (tertiary alicyclic amines) is 1. The molecule has 0 atom stereocenters. The van der Waals surface area contributed by atoms with Gasteiger partial charge in [-0.25, -0.2) is 0 Å². The third kappa shape index (κ3) is 3.64. The molecular weight excluding hydrogens is 272 g/mol. The maximum atomic E-state index is 7.69. The van der Waals surface area contributed by atoms with E-state index in [0.717, 1.165) is 30.9 Å². The topological polar surface area (TPSA) is 56.4 Å². The second kappa shape index (κ2) is 6.46. The number of nitrogens with one attached hydrogen (secondary N) is 1. The van der Waals surface area contributed by atoms with Gasteiger partial charge in [0.25, 0.3) is 0 Å². The Morgan fingerprint density at radius 1 is 1.45 bits per heavy atom. The van der Waals surface area contributed by atoms with E-state index < -0.39 is 0 Å². The van der Waals surface area contributed by atoms with E-state index in [4.69, 9.17) is 22.7 Å². The summed E-state index contributed by atoms with van der Waals surface area (Å²) in [5.74, 6) is 0.780. The fraction of sp³-hybridized carbons (Fsp3) is 0.533. The average Bonchev–Trinajstić information content (AvgIpc) is 2.41. The molecule has 1 fully saturated rings. The summed E-state index contributed by atoms with van der Waals surface area (Å²) in [5.41, 5.74) is 7.36. The predicted molar refractivity (Wildman–Crippen MR) is 86.0 cm³/mol. The molecule has 0 radical (unpaired) electrons. The summed E-state index contributed by atoms with van der Waals surface area (Å²) in [7, 11) is 4.22. The summed E-state index contributed by atoms with van der Waals surface area (Å²) in [4.78, 5) is 4.55. The molecule has 1 aromatic carbocycles. The number of benzene rings is 1. The highest BCUT2D eigenvalue weighted by Gasteiger charge is 2.20. The van der Waals surface area contributed by atoms with E-state index in [1.165, 1.54) is 12.8 Å². The third-order valence-corrected chi connectivity index (χ3v) is 4.27. The summed E-state index contributed by atoms with van der Waals surface area (Å²) >= 11 is 6.08. The molecule has 0 aliphatic carbocycles. The Bertz CT molecular complexity index is 481. The SMILES string of the molecule is CN1CCC(CN(C)c2cc(Cl)ccc2C(=N)N)CC1.